The number of carbonyl (C=O) groups is 1. The Balaban J connectivity index is 2.06. The molecule has 3 rings (SSSR count). The zero-order valence-electron chi connectivity index (χ0n) is 11.6. The SMILES string of the molecule is Nc1nccc(-c2ccc(N)c(C(=O)c3ccccn3)c2)n1. The van der Waals surface area contributed by atoms with Crippen LogP contribution in [0, 0.1) is 0 Å². The number of hydrogen-bond acceptors (Lipinski definition) is 6. The Bertz CT molecular complexity index is 833. The van der Waals surface area contributed by atoms with Crippen molar-refractivity contribution in [2.24, 2.45) is 0 Å². The van der Waals surface area contributed by atoms with Gasteiger partial charge in [0.15, 0.2) is 0 Å². The first kappa shape index (κ1) is 13.7. The predicted octanol–water partition coefficient (Wildman–Crippen LogP) is 1.93. The second-order valence-electron chi connectivity index (χ2n) is 4.65. The van der Waals surface area contributed by atoms with E-state index in [-0.39, 0.29) is 11.7 Å². The zero-order chi connectivity index (χ0) is 15.5. The molecule has 2 heterocycles. The second kappa shape index (κ2) is 5.61. The molecule has 0 bridgehead atoms. The number of nitrogens with zero attached hydrogens (tertiary/aromatic N) is 3. The molecular formula is C16H13N5O. The summed E-state index contributed by atoms with van der Waals surface area (Å²) in [6, 6.07) is 12.0. The molecule has 22 heavy (non-hydrogen) atoms. The van der Waals surface area contributed by atoms with Crippen LogP contribution in [0.1, 0.15) is 16.1 Å². The van der Waals surface area contributed by atoms with Crippen molar-refractivity contribution in [1.29, 1.82) is 0 Å². The van der Waals surface area contributed by atoms with Crippen molar-refractivity contribution in [3.63, 3.8) is 0 Å². The van der Waals surface area contributed by atoms with Crippen LogP contribution in [0.5, 0.6) is 0 Å². The Labute approximate surface area is 126 Å². The van der Waals surface area contributed by atoms with E-state index in [0.29, 0.717) is 22.6 Å². The highest BCUT2D eigenvalue weighted by Gasteiger charge is 2.15. The Hall–Kier alpha value is -3.28. The molecule has 108 valence electrons. The van der Waals surface area contributed by atoms with Gasteiger partial charge in [0.25, 0.3) is 0 Å². The van der Waals surface area contributed by atoms with Gasteiger partial charge in [0.2, 0.25) is 11.7 Å². The highest BCUT2D eigenvalue weighted by Crippen LogP contribution is 2.24. The van der Waals surface area contributed by atoms with Crippen molar-refractivity contribution in [2.75, 3.05) is 11.5 Å². The average Bonchev–Trinajstić information content (AvgIpc) is 2.55. The molecule has 2 aromatic heterocycles. The molecule has 0 saturated carbocycles. The molecule has 1 aromatic carbocycles. The first-order valence-electron chi connectivity index (χ1n) is 6.59. The third kappa shape index (κ3) is 2.62. The lowest BCUT2D eigenvalue weighted by Gasteiger charge is -2.08. The lowest BCUT2D eigenvalue weighted by Crippen LogP contribution is -2.07. The van der Waals surface area contributed by atoms with Gasteiger partial charge in [-0.2, -0.15) is 0 Å². The molecule has 0 fully saturated rings. The molecule has 0 atom stereocenters. The van der Waals surface area contributed by atoms with Crippen LogP contribution in [0.15, 0.2) is 54.9 Å². The summed E-state index contributed by atoms with van der Waals surface area (Å²) in [4.78, 5) is 24.6. The fraction of sp³-hybridized carbons (Fsp3) is 0. The van der Waals surface area contributed by atoms with E-state index >= 15 is 0 Å². The maximum Gasteiger partial charge on any atom is 0.220 e. The number of carbonyl (C=O) groups excluding carboxylic acids is 1. The van der Waals surface area contributed by atoms with Gasteiger partial charge in [-0.25, -0.2) is 9.97 Å². The molecule has 3 aromatic rings. The van der Waals surface area contributed by atoms with Crippen LogP contribution in [0.2, 0.25) is 0 Å². The first-order chi connectivity index (χ1) is 10.6. The number of nitrogen functional groups attached to an aromatic ring is 2. The van der Waals surface area contributed by atoms with E-state index < -0.39 is 0 Å². The molecule has 0 radical (unpaired) electrons. The monoisotopic (exact) mass is 291 g/mol. The Kier molecular flexibility index (Phi) is 3.49. The summed E-state index contributed by atoms with van der Waals surface area (Å²) in [6.07, 6.45) is 3.13. The van der Waals surface area contributed by atoms with E-state index in [1.54, 1.807) is 54.9 Å². The molecular weight excluding hydrogens is 278 g/mol. The molecule has 6 nitrogen and oxygen atoms in total. The second-order valence-corrected chi connectivity index (χ2v) is 4.65. The molecule has 0 aliphatic carbocycles. The van der Waals surface area contributed by atoms with Crippen molar-refractivity contribution in [3.05, 3.63) is 66.1 Å². The summed E-state index contributed by atoms with van der Waals surface area (Å²) < 4.78 is 0. The number of rotatable bonds is 3. The fourth-order valence-electron chi connectivity index (χ4n) is 2.08. The third-order valence-corrected chi connectivity index (χ3v) is 3.17. The van der Waals surface area contributed by atoms with Gasteiger partial charge in [-0.3, -0.25) is 9.78 Å². The Morgan fingerprint density at radius 1 is 0.955 bits per heavy atom. The minimum atomic E-state index is -0.234. The number of ketones is 1. The molecule has 0 saturated heterocycles. The van der Waals surface area contributed by atoms with Crippen molar-refractivity contribution in [1.82, 2.24) is 15.0 Å². The van der Waals surface area contributed by atoms with Gasteiger partial charge in [0, 0.05) is 29.2 Å². The van der Waals surface area contributed by atoms with E-state index in [9.17, 15) is 4.79 Å². The molecule has 6 heteroatoms. The van der Waals surface area contributed by atoms with Crippen LogP contribution in [0.4, 0.5) is 11.6 Å². The van der Waals surface area contributed by atoms with Crippen molar-refractivity contribution in [3.8, 4) is 11.3 Å². The number of nitrogens with two attached hydrogens (primary N) is 2. The van der Waals surface area contributed by atoms with Gasteiger partial charge in [0.05, 0.1) is 5.69 Å². The standard InChI is InChI=1S/C16H13N5O/c17-12-5-4-10(13-6-8-20-16(18)21-13)9-11(12)15(22)14-3-1-2-7-19-14/h1-9H,17H2,(H2,18,20,21). The largest absolute Gasteiger partial charge is 0.398 e. The van der Waals surface area contributed by atoms with Crippen LogP contribution in [-0.2, 0) is 0 Å². The quantitative estimate of drug-likeness (QED) is 0.564. The summed E-state index contributed by atoms with van der Waals surface area (Å²) in [5, 5.41) is 0. The van der Waals surface area contributed by atoms with Gasteiger partial charge in [-0.05, 0) is 30.3 Å². The third-order valence-electron chi connectivity index (χ3n) is 3.17. The predicted molar refractivity (Wildman–Crippen MR) is 84.0 cm³/mol. The molecule has 4 N–H and O–H groups in total. The number of pyridine rings is 1. The minimum Gasteiger partial charge on any atom is -0.398 e. The summed E-state index contributed by atoms with van der Waals surface area (Å²) in [6.45, 7) is 0. The topological polar surface area (TPSA) is 108 Å². The van der Waals surface area contributed by atoms with Gasteiger partial charge in [-0.1, -0.05) is 12.1 Å². The van der Waals surface area contributed by atoms with E-state index in [0.717, 1.165) is 5.56 Å². The van der Waals surface area contributed by atoms with Crippen LogP contribution in [-0.4, -0.2) is 20.7 Å². The lowest BCUT2D eigenvalue weighted by molar-refractivity contribution is 0.103. The van der Waals surface area contributed by atoms with Crippen molar-refractivity contribution in [2.45, 2.75) is 0 Å². The molecule has 0 spiro atoms. The van der Waals surface area contributed by atoms with Crippen LogP contribution in [0.25, 0.3) is 11.3 Å². The maximum atomic E-state index is 12.5. The number of benzene rings is 1. The normalized spacial score (nSPS) is 10.4. The number of hydrogen-bond donors (Lipinski definition) is 2. The Morgan fingerprint density at radius 2 is 1.82 bits per heavy atom. The molecule has 0 amide bonds. The summed E-state index contributed by atoms with van der Waals surface area (Å²) >= 11 is 0. The van der Waals surface area contributed by atoms with Crippen LogP contribution >= 0.6 is 0 Å². The van der Waals surface area contributed by atoms with Crippen LogP contribution < -0.4 is 11.5 Å². The van der Waals surface area contributed by atoms with Gasteiger partial charge >= 0.3 is 0 Å². The van der Waals surface area contributed by atoms with Gasteiger partial charge in [0.1, 0.15) is 5.69 Å². The van der Waals surface area contributed by atoms with E-state index in [1.807, 2.05) is 0 Å². The summed E-state index contributed by atoms with van der Waals surface area (Å²) in [5.41, 5.74) is 14.0. The summed E-state index contributed by atoms with van der Waals surface area (Å²) in [5.74, 6) is -0.0612. The maximum absolute atomic E-state index is 12.5. The fourth-order valence-corrected chi connectivity index (χ4v) is 2.08. The molecule has 0 aliphatic heterocycles. The molecule has 0 unspecified atom stereocenters. The number of anilines is 2. The van der Waals surface area contributed by atoms with E-state index in [1.165, 1.54) is 0 Å². The first-order valence-corrected chi connectivity index (χ1v) is 6.59. The highest BCUT2D eigenvalue weighted by atomic mass is 16.1. The van der Waals surface area contributed by atoms with Gasteiger partial charge < -0.3 is 11.5 Å². The van der Waals surface area contributed by atoms with Crippen molar-refractivity contribution >= 4 is 17.4 Å². The van der Waals surface area contributed by atoms with E-state index in [2.05, 4.69) is 15.0 Å². The summed E-state index contributed by atoms with van der Waals surface area (Å²) in [7, 11) is 0. The molecule has 0 aliphatic rings. The zero-order valence-corrected chi connectivity index (χ0v) is 11.6. The minimum absolute atomic E-state index is 0.173. The number of aromatic nitrogens is 3. The average molecular weight is 291 g/mol. The Morgan fingerprint density at radius 3 is 2.55 bits per heavy atom. The highest BCUT2D eigenvalue weighted by molar-refractivity contribution is 6.11. The smallest absolute Gasteiger partial charge is 0.220 e. The van der Waals surface area contributed by atoms with Crippen LogP contribution in [0.3, 0.4) is 0 Å². The van der Waals surface area contributed by atoms with E-state index in [4.69, 9.17) is 11.5 Å². The van der Waals surface area contributed by atoms with Crippen molar-refractivity contribution < 1.29 is 4.79 Å². The lowest BCUT2D eigenvalue weighted by atomic mass is 10.0. The van der Waals surface area contributed by atoms with Gasteiger partial charge in [-0.15, -0.1) is 0 Å².